The standard InChI is InChI=1S/C31H37N3O7S/c1-21-16-34(22(2)19-35)31(36)15-24-14-25(32-42(37,38)26-7-5-4-6-8-26)10-12-27(24)41-30(21)18-33(3)17-23-9-11-28-29(13-23)40-20-39-28/h4-14,21-22,30,32,35H,15-20H2,1-3H3/t21-,22+,30+/m1/s1. The van der Waals surface area contributed by atoms with E-state index in [1.54, 1.807) is 41.3 Å². The van der Waals surface area contributed by atoms with Crippen LogP contribution in [-0.2, 0) is 27.8 Å². The molecule has 224 valence electrons. The van der Waals surface area contributed by atoms with Crippen LogP contribution in [0.15, 0.2) is 71.6 Å². The van der Waals surface area contributed by atoms with Gasteiger partial charge in [-0.05, 0) is 62.0 Å². The minimum atomic E-state index is -3.82. The first kappa shape index (κ1) is 29.7. The topological polar surface area (TPSA) is 118 Å². The Morgan fingerprint density at radius 3 is 2.55 bits per heavy atom. The van der Waals surface area contributed by atoms with Gasteiger partial charge in [-0.2, -0.15) is 0 Å². The van der Waals surface area contributed by atoms with Crippen molar-refractivity contribution in [2.45, 2.75) is 43.9 Å². The fraction of sp³-hybridized carbons (Fsp3) is 0.387. The van der Waals surface area contributed by atoms with Crippen molar-refractivity contribution in [3.63, 3.8) is 0 Å². The molecule has 2 heterocycles. The van der Waals surface area contributed by atoms with Gasteiger partial charge in [0.2, 0.25) is 12.7 Å². The van der Waals surface area contributed by atoms with Gasteiger partial charge in [0.1, 0.15) is 11.9 Å². The van der Waals surface area contributed by atoms with E-state index in [4.69, 9.17) is 14.2 Å². The first-order chi connectivity index (χ1) is 20.1. The number of anilines is 1. The molecule has 0 spiro atoms. The molecule has 0 fully saturated rings. The molecule has 2 aliphatic rings. The number of amides is 1. The lowest BCUT2D eigenvalue weighted by atomic mass is 10.0. The van der Waals surface area contributed by atoms with Gasteiger partial charge in [-0.25, -0.2) is 8.42 Å². The molecule has 11 heteroatoms. The highest BCUT2D eigenvalue weighted by atomic mass is 32.2. The van der Waals surface area contributed by atoms with Crippen molar-refractivity contribution in [2.24, 2.45) is 5.92 Å². The summed E-state index contributed by atoms with van der Waals surface area (Å²) in [7, 11) is -1.81. The van der Waals surface area contributed by atoms with Crippen LogP contribution in [0.4, 0.5) is 5.69 Å². The van der Waals surface area contributed by atoms with E-state index >= 15 is 0 Å². The third-order valence-electron chi connectivity index (χ3n) is 7.60. The second kappa shape index (κ2) is 12.6. The molecule has 0 aromatic heterocycles. The molecule has 5 rings (SSSR count). The van der Waals surface area contributed by atoms with Crippen LogP contribution in [0.2, 0.25) is 0 Å². The normalized spacial score (nSPS) is 19.4. The summed E-state index contributed by atoms with van der Waals surface area (Å²) in [5, 5.41) is 9.91. The Kier molecular flexibility index (Phi) is 8.91. The van der Waals surface area contributed by atoms with E-state index in [0.29, 0.717) is 36.6 Å². The predicted octanol–water partition coefficient (Wildman–Crippen LogP) is 3.50. The zero-order chi connectivity index (χ0) is 29.9. The summed E-state index contributed by atoms with van der Waals surface area (Å²) >= 11 is 0. The number of likely N-dealkylation sites (N-methyl/N-ethyl adjacent to an activating group) is 1. The highest BCUT2D eigenvalue weighted by Gasteiger charge is 2.31. The zero-order valence-corrected chi connectivity index (χ0v) is 24.8. The Labute approximate surface area is 246 Å². The molecule has 2 N–H and O–H groups in total. The number of sulfonamides is 1. The molecule has 0 radical (unpaired) electrons. The number of hydrogen-bond acceptors (Lipinski definition) is 8. The Hall–Kier alpha value is -3.80. The maximum Gasteiger partial charge on any atom is 0.261 e. The van der Waals surface area contributed by atoms with Gasteiger partial charge >= 0.3 is 0 Å². The van der Waals surface area contributed by atoms with Gasteiger partial charge in [-0.3, -0.25) is 14.4 Å². The van der Waals surface area contributed by atoms with Gasteiger partial charge in [0, 0.05) is 36.8 Å². The average Bonchev–Trinajstić information content (AvgIpc) is 3.45. The lowest BCUT2D eigenvalue weighted by molar-refractivity contribution is -0.134. The maximum absolute atomic E-state index is 13.5. The molecule has 0 bridgehead atoms. The third-order valence-corrected chi connectivity index (χ3v) is 9.00. The highest BCUT2D eigenvalue weighted by Crippen LogP contribution is 2.33. The first-order valence-corrected chi connectivity index (χ1v) is 15.5. The molecule has 10 nitrogen and oxygen atoms in total. The molecule has 2 aliphatic heterocycles. The SMILES string of the molecule is C[C@@H]1CN([C@@H](C)CO)C(=O)Cc2cc(NS(=O)(=O)c3ccccc3)ccc2O[C@H]1CN(C)Cc1ccc2c(c1)OCO2. The Balaban J connectivity index is 1.40. The molecule has 0 saturated carbocycles. The van der Waals surface area contributed by atoms with Gasteiger partial charge in [0.25, 0.3) is 10.0 Å². The van der Waals surface area contributed by atoms with Crippen LogP contribution in [0.5, 0.6) is 17.2 Å². The number of ether oxygens (including phenoxy) is 3. The molecule has 1 amide bonds. The highest BCUT2D eigenvalue weighted by molar-refractivity contribution is 7.92. The second-order valence-corrected chi connectivity index (χ2v) is 12.7. The largest absolute Gasteiger partial charge is 0.488 e. The molecule has 42 heavy (non-hydrogen) atoms. The van der Waals surface area contributed by atoms with Crippen molar-refractivity contribution in [3.8, 4) is 17.2 Å². The van der Waals surface area contributed by atoms with Gasteiger partial charge in [0.15, 0.2) is 11.5 Å². The number of hydrogen-bond donors (Lipinski definition) is 2. The van der Waals surface area contributed by atoms with Crippen molar-refractivity contribution >= 4 is 21.6 Å². The van der Waals surface area contributed by atoms with Crippen molar-refractivity contribution in [1.82, 2.24) is 9.80 Å². The van der Waals surface area contributed by atoms with E-state index in [9.17, 15) is 18.3 Å². The fourth-order valence-corrected chi connectivity index (χ4v) is 6.32. The smallest absolute Gasteiger partial charge is 0.261 e. The second-order valence-electron chi connectivity index (χ2n) is 11.0. The zero-order valence-electron chi connectivity index (χ0n) is 24.0. The molecule has 0 aliphatic carbocycles. The third kappa shape index (κ3) is 6.80. The van der Waals surface area contributed by atoms with Gasteiger partial charge in [0.05, 0.1) is 24.0 Å². The molecule has 3 aromatic rings. The molecule has 3 aromatic carbocycles. The predicted molar refractivity (Wildman–Crippen MR) is 158 cm³/mol. The van der Waals surface area contributed by atoms with Crippen LogP contribution in [0.3, 0.4) is 0 Å². The van der Waals surface area contributed by atoms with Crippen molar-refractivity contribution < 1.29 is 32.5 Å². The van der Waals surface area contributed by atoms with E-state index in [-0.39, 0.29) is 48.7 Å². The summed E-state index contributed by atoms with van der Waals surface area (Å²) in [6, 6.07) is 18.6. The molecule has 0 saturated heterocycles. The van der Waals surface area contributed by atoms with Gasteiger partial charge in [-0.1, -0.05) is 31.2 Å². The number of carbonyl (C=O) groups excluding carboxylic acids is 1. The Bertz CT molecular complexity index is 1520. The molecule has 3 atom stereocenters. The average molecular weight is 596 g/mol. The van der Waals surface area contributed by atoms with Crippen molar-refractivity contribution in [3.05, 3.63) is 77.9 Å². The Morgan fingerprint density at radius 2 is 1.79 bits per heavy atom. The number of benzene rings is 3. The number of nitrogens with one attached hydrogen (secondary N) is 1. The lowest BCUT2D eigenvalue weighted by Gasteiger charge is -2.34. The van der Waals surface area contributed by atoms with Gasteiger partial charge in [-0.15, -0.1) is 0 Å². The summed E-state index contributed by atoms with van der Waals surface area (Å²) in [6.07, 6.45) is -0.290. The number of aliphatic hydroxyl groups excluding tert-OH is 1. The number of aliphatic hydroxyl groups is 1. The van der Waals surface area contributed by atoms with Crippen LogP contribution in [-0.4, -0.2) is 74.9 Å². The maximum atomic E-state index is 13.5. The Morgan fingerprint density at radius 1 is 1.05 bits per heavy atom. The monoisotopic (exact) mass is 595 g/mol. The van der Waals surface area contributed by atoms with E-state index in [1.807, 2.05) is 39.1 Å². The van der Waals surface area contributed by atoms with E-state index in [0.717, 1.165) is 17.1 Å². The van der Waals surface area contributed by atoms with Crippen molar-refractivity contribution in [1.29, 1.82) is 0 Å². The van der Waals surface area contributed by atoms with Crippen molar-refractivity contribution in [2.75, 3.05) is 38.3 Å². The fourth-order valence-electron chi connectivity index (χ4n) is 5.25. The van der Waals surface area contributed by atoms with E-state index in [2.05, 4.69) is 9.62 Å². The lowest BCUT2D eigenvalue weighted by Crippen LogP contribution is -2.47. The number of carbonyl (C=O) groups is 1. The minimum absolute atomic E-state index is 0.00700. The number of nitrogens with zero attached hydrogens (tertiary/aromatic N) is 2. The quantitative estimate of drug-likeness (QED) is 0.386. The van der Waals surface area contributed by atoms with Crippen LogP contribution < -0.4 is 18.9 Å². The minimum Gasteiger partial charge on any atom is -0.488 e. The van der Waals surface area contributed by atoms with Crippen LogP contribution >= 0.6 is 0 Å². The molecular weight excluding hydrogens is 558 g/mol. The summed E-state index contributed by atoms with van der Waals surface area (Å²) in [5.41, 5.74) is 1.97. The number of rotatable bonds is 9. The molecule has 0 unspecified atom stereocenters. The molecular formula is C31H37N3O7S. The first-order valence-electron chi connectivity index (χ1n) is 14.0. The van der Waals surface area contributed by atoms with E-state index < -0.39 is 10.0 Å². The van der Waals surface area contributed by atoms with Crippen LogP contribution in [0.1, 0.15) is 25.0 Å². The van der Waals surface area contributed by atoms with Crippen LogP contribution in [0.25, 0.3) is 0 Å². The summed E-state index contributed by atoms with van der Waals surface area (Å²) in [5.74, 6) is 1.76. The van der Waals surface area contributed by atoms with Gasteiger partial charge < -0.3 is 24.2 Å². The summed E-state index contributed by atoms with van der Waals surface area (Å²) < 4.78 is 46.1. The summed E-state index contributed by atoms with van der Waals surface area (Å²) in [4.78, 5) is 17.5. The van der Waals surface area contributed by atoms with E-state index in [1.165, 1.54) is 12.1 Å². The van der Waals surface area contributed by atoms with Crippen LogP contribution in [0, 0.1) is 5.92 Å². The number of fused-ring (bicyclic) bond motifs is 2. The summed E-state index contributed by atoms with van der Waals surface area (Å²) in [6.45, 7) is 5.52.